The number of methoxy groups -OCH3 is 2. The fourth-order valence-electron chi connectivity index (χ4n) is 3.16. The first kappa shape index (κ1) is 17.8. The summed E-state index contributed by atoms with van der Waals surface area (Å²) in [5, 5.41) is 2.81. The van der Waals surface area contributed by atoms with Crippen LogP contribution in [0.3, 0.4) is 0 Å². The Labute approximate surface area is 152 Å². The van der Waals surface area contributed by atoms with Gasteiger partial charge >= 0.3 is 6.03 Å². The normalized spacial score (nSPS) is 19.5. The number of carbonyl (C=O) groups is 2. The molecule has 0 unspecified atom stereocenters. The number of amides is 3. The van der Waals surface area contributed by atoms with Gasteiger partial charge in [-0.3, -0.25) is 9.69 Å². The van der Waals surface area contributed by atoms with Crippen molar-refractivity contribution in [2.75, 3.05) is 14.2 Å². The number of urea groups is 1. The molecule has 0 saturated carbocycles. The molecular weight excluding hydrogens is 332 g/mol. The average Bonchev–Trinajstić information content (AvgIpc) is 2.86. The molecule has 0 spiro atoms. The van der Waals surface area contributed by atoms with Gasteiger partial charge in [-0.1, -0.05) is 29.8 Å². The van der Waals surface area contributed by atoms with E-state index in [-0.39, 0.29) is 12.5 Å². The van der Waals surface area contributed by atoms with E-state index in [4.69, 9.17) is 9.47 Å². The highest BCUT2D eigenvalue weighted by Crippen LogP contribution is 2.32. The molecule has 1 heterocycles. The van der Waals surface area contributed by atoms with Crippen LogP contribution in [-0.4, -0.2) is 31.1 Å². The number of aryl methyl sites for hydroxylation is 1. The summed E-state index contributed by atoms with van der Waals surface area (Å²) in [6, 6.07) is 12.4. The van der Waals surface area contributed by atoms with Crippen LogP contribution in [0.2, 0.25) is 0 Å². The van der Waals surface area contributed by atoms with Gasteiger partial charge in [0.2, 0.25) is 0 Å². The standard InChI is InChI=1S/C20H22N2O4/c1-13-5-10-17(26-4)14(11-13)12-22-18(23)20(2,21-19(22)24)15-6-8-16(25-3)9-7-15/h5-11H,12H2,1-4H3,(H,21,24)/t20-/m1/s1. The predicted molar refractivity (Wildman–Crippen MR) is 97.2 cm³/mol. The minimum atomic E-state index is -1.11. The van der Waals surface area contributed by atoms with Crippen molar-refractivity contribution < 1.29 is 19.1 Å². The molecule has 0 aromatic heterocycles. The largest absolute Gasteiger partial charge is 0.497 e. The van der Waals surface area contributed by atoms with Crippen molar-refractivity contribution >= 4 is 11.9 Å². The van der Waals surface area contributed by atoms with E-state index in [2.05, 4.69) is 5.32 Å². The lowest BCUT2D eigenvalue weighted by Crippen LogP contribution is -2.40. The molecular formula is C20H22N2O4. The molecule has 6 heteroatoms. The lowest BCUT2D eigenvalue weighted by molar-refractivity contribution is -0.131. The Bertz CT molecular complexity index is 847. The summed E-state index contributed by atoms with van der Waals surface area (Å²) in [4.78, 5) is 26.8. The fourth-order valence-corrected chi connectivity index (χ4v) is 3.16. The predicted octanol–water partition coefficient (Wildman–Crippen LogP) is 2.98. The molecule has 1 atom stereocenters. The van der Waals surface area contributed by atoms with Crippen LogP contribution in [0.4, 0.5) is 4.79 Å². The molecule has 136 valence electrons. The molecule has 6 nitrogen and oxygen atoms in total. The maximum Gasteiger partial charge on any atom is 0.325 e. The Morgan fingerprint density at radius 2 is 1.73 bits per heavy atom. The second kappa shape index (κ2) is 6.71. The summed E-state index contributed by atoms with van der Waals surface area (Å²) in [5.41, 5.74) is 1.41. The van der Waals surface area contributed by atoms with E-state index in [9.17, 15) is 9.59 Å². The van der Waals surface area contributed by atoms with Crippen molar-refractivity contribution in [2.24, 2.45) is 0 Å². The number of imide groups is 1. The zero-order chi connectivity index (χ0) is 18.9. The molecule has 0 aliphatic carbocycles. The Morgan fingerprint density at radius 1 is 1.04 bits per heavy atom. The van der Waals surface area contributed by atoms with E-state index in [1.165, 1.54) is 4.90 Å². The van der Waals surface area contributed by atoms with Crippen LogP contribution in [0.25, 0.3) is 0 Å². The first-order chi connectivity index (χ1) is 12.4. The molecule has 1 saturated heterocycles. The van der Waals surface area contributed by atoms with Gasteiger partial charge in [-0.05, 0) is 37.6 Å². The molecule has 3 amide bonds. The number of hydrogen-bond donors (Lipinski definition) is 1. The molecule has 0 bridgehead atoms. The zero-order valence-electron chi connectivity index (χ0n) is 15.3. The van der Waals surface area contributed by atoms with Gasteiger partial charge in [-0.15, -0.1) is 0 Å². The van der Waals surface area contributed by atoms with Crippen LogP contribution in [0, 0.1) is 6.92 Å². The quantitative estimate of drug-likeness (QED) is 0.838. The van der Waals surface area contributed by atoms with E-state index in [1.54, 1.807) is 45.4 Å². The SMILES string of the molecule is COc1ccc([C@@]2(C)NC(=O)N(Cc3cc(C)ccc3OC)C2=O)cc1. The maximum absolute atomic E-state index is 13.1. The molecule has 3 rings (SSSR count). The van der Waals surface area contributed by atoms with Crippen molar-refractivity contribution in [3.8, 4) is 11.5 Å². The summed E-state index contributed by atoms with van der Waals surface area (Å²) in [6.07, 6.45) is 0. The van der Waals surface area contributed by atoms with Crippen LogP contribution in [0.5, 0.6) is 11.5 Å². The van der Waals surface area contributed by atoms with E-state index in [1.807, 2.05) is 25.1 Å². The number of ether oxygens (including phenoxy) is 2. The monoisotopic (exact) mass is 354 g/mol. The van der Waals surface area contributed by atoms with Crippen molar-refractivity contribution in [3.05, 3.63) is 59.2 Å². The summed E-state index contributed by atoms with van der Waals surface area (Å²) in [7, 11) is 3.15. The smallest absolute Gasteiger partial charge is 0.325 e. The molecule has 1 aliphatic rings. The fraction of sp³-hybridized carbons (Fsp3) is 0.300. The number of nitrogens with one attached hydrogen (secondary N) is 1. The Hall–Kier alpha value is -3.02. The lowest BCUT2D eigenvalue weighted by atomic mass is 9.92. The van der Waals surface area contributed by atoms with Crippen molar-refractivity contribution in [3.63, 3.8) is 0 Å². The van der Waals surface area contributed by atoms with Crippen LogP contribution in [0.1, 0.15) is 23.6 Å². The number of carbonyl (C=O) groups excluding carboxylic acids is 2. The highest BCUT2D eigenvalue weighted by Gasteiger charge is 2.49. The van der Waals surface area contributed by atoms with E-state index < -0.39 is 11.6 Å². The van der Waals surface area contributed by atoms with Crippen LogP contribution in [0.15, 0.2) is 42.5 Å². The zero-order valence-corrected chi connectivity index (χ0v) is 15.3. The van der Waals surface area contributed by atoms with E-state index >= 15 is 0 Å². The lowest BCUT2D eigenvalue weighted by Gasteiger charge is -2.22. The summed E-state index contributed by atoms with van der Waals surface area (Å²) < 4.78 is 10.5. The number of benzene rings is 2. The van der Waals surface area contributed by atoms with Crippen molar-refractivity contribution in [1.29, 1.82) is 0 Å². The second-order valence-corrected chi connectivity index (χ2v) is 6.49. The summed E-state index contributed by atoms with van der Waals surface area (Å²) in [5.74, 6) is 1.04. The third-order valence-electron chi connectivity index (χ3n) is 4.71. The Kier molecular flexibility index (Phi) is 4.59. The van der Waals surface area contributed by atoms with Crippen molar-refractivity contribution in [1.82, 2.24) is 10.2 Å². The van der Waals surface area contributed by atoms with Gasteiger partial charge in [-0.2, -0.15) is 0 Å². The molecule has 1 aliphatic heterocycles. The van der Waals surface area contributed by atoms with Crippen LogP contribution >= 0.6 is 0 Å². The third-order valence-corrected chi connectivity index (χ3v) is 4.71. The van der Waals surface area contributed by atoms with Gasteiger partial charge in [0, 0.05) is 5.56 Å². The molecule has 26 heavy (non-hydrogen) atoms. The van der Waals surface area contributed by atoms with E-state index in [0.29, 0.717) is 17.1 Å². The van der Waals surface area contributed by atoms with Crippen LogP contribution in [-0.2, 0) is 16.9 Å². The third kappa shape index (κ3) is 2.98. The van der Waals surface area contributed by atoms with Gasteiger partial charge in [-0.25, -0.2) is 4.79 Å². The number of rotatable bonds is 5. The van der Waals surface area contributed by atoms with Crippen LogP contribution < -0.4 is 14.8 Å². The van der Waals surface area contributed by atoms with Crippen molar-refractivity contribution in [2.45, 2.75) is 25.9 Å². The first-order valence-electron chi connectivity index (χ1n) is 8.31. The first-order valence-corrected chi connectivity index (χ1v) is 8.31. The molecule has 0 radical (unpaired) electrons. The minimum absolute atomic E-state index is 0.154. The highest BCUT2D eigenvalue weighted by atomic mass is 16.5. The summed E-state index contributed by atoms with van der Waals surface area (Å²) in [6.45, 7) is 3.82. The van der Waals surface area contributed by atoms with E-state index in [0.717, 1.165) is 11.1 Å². The van der Waals surface area contributed by atoms with Gasteiger partial charge in [0.25, 0.3) is 5.91 Å². The molecule has 2 aromatic carbocycles. The van der Waals surface area contributed by atoms with Gasteiger partial charge < -0.3 is 14.8 Å². The second-order valence-electron chi connectivity index (χ2n) is 6.49. The Morgan fingerprint density at radius 3 is 2.35 bits per heavy atom. The highest BCUT2D eigenvalue weighted by molar-refractivity contribution is 6.07. The summed E-state index contributed by atoms with van der Waals surface area (Å²) >= 11 is 0. The van der Waals surface area contributed by atoms with Gasteiger partial charge in [0.05, 0.1) is 20.8 Å². The molecule has 1 N–H and O–H groups in total. The molecule has 2 aromatic rings. The van der Waals surface area contributed by atoms with Gasteiger partial charge in [0.1, 0.15) is 17.0 Å². The van der Waals surface area contributed by atoms with Gasteiger partial charge in [0.15, 0.2) is 0 Å². The average molecular weight is 354 g/mol. The maximum atomic E-state index is 13.1. The number of nitrogens with zero attached hydrogens (tertiary/aromatic N) is 1. The Balaban J connectivity index is 1.90. The topological polar surface area (TPSA) is 67.9 Å². The minimum Gasteiger partial charge on any atom is -0.497 e. The number of hydrogen-bond acceptors (Lipinski definition) is 4. The molecule has 1 fully saturated rings.